The minimum Gasteiger partial charge on any atom is -0.395 e. The number of pyridine rings is 1. The maximum Gasteiger partial charge on any atom is 0.433 e. The molecule has 0 radical (unpaired) electrons. The molecule has 0 spiro atoms. The second-order valence-electron chi connectivity index (χ2n) is 8.11. The number of hydrogen-bond donors (Lipinski definition) is 2. The highest BCUT2D eigenvalue weighted by atomic mass is 19.4. The van der Waals surface area contributed by atoms with Crippen molar-refractivity contribution in [3.05, 3.63) is 95.1 Å². The van der Waals surface area contributed by atoms with Crippen LogP contribution in [0, 0.1) is 12.7 Å². The van der Waals surface area contributed by atoms with Crippen LogP contribution in [-0.2, 0) is 17.4 Å². The van der Waals surface area contributed by atoms with Crippen molar-refractivity contribution >= 4 is 11.6 Å². The van der Waals surface area contributed by atoms with Crippen molar-refractivity contribution < 1.29 is 27.5 Å². The standard InChI is InChI=1S/C26H27F4N3O2/c1-18-16-21(10-11-22(18)27)33(14-5-6-19-9-12-23(32-17-19)26(28,29)30)24(25(35)31-13-15-34)20-7-3-2-4-8-20/h2-4,7-12,16-17,24,34H,5-6,13-15H2,1H3,(H,31,35)/t24-/m1/s1. The molecule has 2 aromatic carbocycles. The molecule has 0 aliphatic rings. The number of aliphatic hydroxyl groups excluding tert-OH is 1. The van der Waals surface area contributed by atoms with E-state index in [1.807, 2.05) is 35.2 Å². The van der Waals surface area contributed by atoms with Crippen LogP contribution >= 0.6 is 0 Å². The maximum absolute atomic E-state index is 14.0. The van der Waals surface area contributed by atoms with E-state index in [0.29, 0.717) is 41.8 Å². The minimum absolute atomic E-state index is 0.0790. The molecule has 0 saturated heterocycles. The summed E-state index contributed by atoms with van der Waals surface area (Å²) in [5.41, 5.74) is 1.44. The fourth-order valence-electron chi connectivity index (χ4n) is 3.79. The molecule has 3 aromatic rings. The van der Waals surface area contributed by atoms with Crippen LogP contribution < -0.4 is 10.2 Å². The molecule has 5 nitrogen and oxygen atoms in total. The molecule has 0 fully saturated rings. The van der Waals surface area contributed by atoms with Gasteiger partial charge >= 0.3 is 6.18 Å². The number of hydrogen-bond acceptors (Lipinski definition) is 4. The molecule has 186 valence electrons. The van der Waals surface area contributed by atoms with Gasteiger partial charge in [-0.2, -0.15) is 13.2 Å². The number of nitrogens with zero attached hydrogens (tertiary/aromatic N) is 2. The summed E-state index contributed by atoms with van der Waals surface area (Å²) in [5.74, 6) is -0.700. The predicted octanol–water partition coefficient (Wildman–Crippen LogP) is 4.84. The van der Waals surface area contributed by atoms with Gasteiger partial charge in [-0.25, -0.2) is 4.39 Å². The molecule has 1 atom stereocenters. The number of amides is 1. The third-order valence-corrected chi connectivity index (χ3v) is 5.54. The molecule has 35 heavy (non-hydrogen) atoms. The van der Waals surface area contributed by atoms with Crippen LogP contribution in [-0.4, -0.2) is 35.7 Å². The van der Waals surface area contributed by atoms with Crippen LogP contribution in [0.2, 0.25) is 0 Å². The lowest BCUT2D eigenvalue weighted by molar-refractivity contribution is -0.141. The van der Waals surface area contributed by atoms with Crippen molar-refractivity contribution in [1.29, 1.82) is 0 Å². The lowest BCUT2D eigenvalue weighted by Crippen LogP contribution is -2.42. The molecule has 2 N–H and O–H groups in total. The first-order valence-corrected chi connectivity index (χ1v) is 11.2. The third kappa shape index (κ3) is 7.02. The van der Waals surface area contributed by atoms with Crippen molar-refractivity contribution in [2.75, 3.05) is 24.6 Å². The zero-order valence-electron chi connectivity index (χ0n) is 19.2. The minimum atomic E-state index is -4.50. The number of aromatic nitrogens is 1. The zero-order chi connectivity index (χ0) is 25.4. The summed E-state index contributed by atoms with van der Waals surface area (Å²) in [6.07, 6.45) is -2.36. The first kappa shape index (κ1) is 26.2. The Morgan fingerprint density at radius 3 is 2.46 bits per heavy atom. The van der Waals surface area contributed by atoms with E-state index in [4.69, 9.17) is 0 Å². The van der Waals surface area contributed by atoms with Crippen LogP contribution in [0.3, 0.4) is 0 Å². The molecule has 1 aromatic heterocycles. The molecule has 0 aliphatic heterocycles. The molecule has 0 unspecified atom stereocenters. The summed E-state index contributed by atoms with van der Waals surface area (Å²) >= 11 is 0. The molecule has 1 amide bonds. The van der Waals surface area contributed by atoms with Gasteiger partial charge < -0.3 is 15.3 Å². The predicted molar refractivity (Wildman–Crippen MR) is 125 cm³/mol. The summed E-state index contributed by atoms with van der Waals surface area (Å²) in [5, 5.41) is 11.9. The van der Waals surface area contributed by atoms with Gasteiger partial charge in [0.2, 0.25) is 5.91 Å². The van der Waals surface area contributed by atoms with E-state index >= 15 is 0 Å². The van der Waals surface area contributed by atoms with Crippen molar-refractivity contribution in [3.8, 4) is 0 Å². The first-order chi connectivity index (χ1) is 16.7. The Balaban J connectivity index is 1.88. The second-order valence-corrected chi connectivity index (χ2v) is 8.11. The van der Waals surface area contributed by atoms with Gasteiger partial charge in [-0.15, -0.1) is 0 Å². The Morgan fingerprint density at radius 1 is 1.11 bits per heavy atom. The second kappa shape index (κ2) is 11.8. The Bertz CT molecular complexity index is 1110. The summed E-state index contributed by atoms with van der Waals surface area (Å²) in [6.45, 7) is 1.85. The van der Waals surface area contributed by atoms with Crippen LogP contribution in [0.15, 0.2) is 66.9 Å². The lowest BCUT2D eigenvalue weighted by atomic mass is 10.0. The van der Waals surface area contributed by atoms with Crippen LogP contribution in [0.5, 0.6) is 0 Å². The van der Waals surface area contributed by atoms with Gasteiger partial charge in [0.15, 0.2) is 0 Å². The number of alkyl halides is 3. The highest BCUT2D eigenvalue weighted by molar-refractivity contribution is 5.86. The first-order valence-electron chi connectivity index (χ1n) is 11.2. The monoisotopic (exact) mass is 489 g/mol. The summed E-state index contributed by atoms with van der Waals surface area (Å²) < 4.78 is 52.4. The van der Waals surface area contributed by atoms with Crippen molar-refractivity contribution in [2.24, 2.45) is 0 Å². The van der Waals surface area contributed by atoms with Crippen LogP contribution in [0.25, 0.3) is 0 Å². The van der Waals surface area contributed by atoms with E-state index in [0.717, 1.165) is 6.07 Å². The number of aryl methyl sites for hydroxylation is 2. The van der Waals surface area contributed by atoms with E-state index in [2.05, 4.69) is 10.3 Å². The molecule has 3 rings (SSSR count). The van der Waals surface area contributed by atoms with E-state index in [1.165, 1.54) is 18.3 Å². The van der Waals surface area contributed by atoms with Gasteiger partial charge in [-0.05, 0) is 60.7 Å². The Morgan fingerprint density at radius 2 is 1.86 bits per heavy atom. The largest absolute Gasteiger partial charge is 0.433 e. The summed E-state index contributed by atoms with van der Waals surface area (Å²) in [4.78, 5) is 18.5. The van der Waals surface area contributed by atoms with Gasteiger partial charge in [0, 0.05) is 25.0 Å². The van der Waals surface area contributed by atoms with Gasteiger partial charge in [-0.3, -0.25) is 9.78 Å². The van der Waals surface area contributed by atoms with Crippen LogP contribution in [0.1, 0.15) is 34.8 Å². The Kier molecular flexibility index (Phi) is 8.81. The van der Waals surface area contributed by atoms with Crippen molar-refractivity contribution in [1.82, 2.24) is 10.3 Å². The number of benzene rings is 2. The molecule has 1 heterocycles. The van der Waals surface area contributed by atoms with Gasteiger partial charge in [0.1, 0.15) is 17.6 Å². The van der Waals surface area contributed by atoms with Crippen molar-refractivity contribution in [3.63, 3.8) is 0 Å². The van der Waals surface area contributed by atoms with Gasteiger partial charge in [-0.1, -0.05) is 36.4 Å². The highest BCUT2D eigenvalue weighted by Crippen LogP contribution is 2.30. The highest BCUT2D eigenvalue weighted by Gasteiger charge is 2.32. The number of carbonyl (C=O) groups excluding carboxylic acids is 1. The average Bonchev–Trinajstić information content (AvgIpc) is 2.84. The molecule has 0 bridgehead atoms. The topological polar surface area (TPSA) is 65.5 Å². The summed E-state index contributed by atoms with van der Waals surface area (Å²) in [6, 6.07) is 15.2. The van der Waals surface area contributed by atoms with E-state index in [9.17, 15) is 27.5 Å². The molecular weight excluding hydrogens is 462 g/mol. The maximum atomic E-state index is 14.0. The Hall–Kier alpha value is -3.46. The number of carbonyl (C=O) groups is 1. The normalized spacial score (nSPS) is 12.3. The number of nitrogens with one attached hydrogen (secondary N) is 1. The SMILES string of the molecule is Cc1cc(N(CCCc2ccc(C(F)(F)F)nc2)[C@@H](C(=O)NCCO)c2ccccc2)ccc1F. The number of anilines is 1. The van der Waals surface area contributed by atoms with Gasteiger partial charge in [0.25, 0.3) is 0 Å². The van der Waals surface area contributed by atoms with E-state index in [-0.39, 0.29) is 24.9 Å². The lowest BCUT2D eigenvalue weighted by Gasteiger charge is -2.33. The fraction of sp³-hybridized carbons (Fsp3) is 0.308. The van der Waals surface area contributed by atoms with E-state index in [1.54, 1.807) is 19.1 Å². The molecule has 0 aliphatic carbocycles. The van der Waals surface area contributed by atoms with Crippen LogP contribution in [0.4, 0.5) is 23.2 Å². The quantitative estimate of drug-likeness (QED) is 0.400. The average molecular weight is 490 g/mol. The fourth-order valence-corrected chi connectivity index (χ4v) is 3.79. The molecule has 9 heteroatoms. The third-order valence-electron chi connectivity index (χ3n) is 5.54. The molecular formula is C26H27F4N3O2. The smallest absolute Gasteiger partial charge is 0.395 e. The Labute approximate surface area is 201 Å². The van der Waals surface area contributed by atoms with Crippen molar-refractivity contribution in [2.45, 2.75) is 32.0 Å². The van der Waals surface area contributed by atoms with Gasteiger partial charge in [0.05, 0.1) is 6.61 Å². The zero-order valence-corrected chi connectivity index (χ0v) is 19.2. The number of halogens is 4. The number of aliphatic hydroxyl groups is 1. The molecule has 0 saturated carbocycles. The van der Waals surface area contributed by atoms with E-state index < -0.39 is 17.9 Å². The number of rotatable bonds is 10. The summed E-state index contributed by atoms with van der Waals surface area (Å²) in [7, 11) is 0.